The normalized spacial score (nSPS) is 14.0. The highest BCUT2D eigenvalue weighted by Gasteiger charge is 2.28. The summed E-state index contributed by atoms with van der Waals surface area (Å²) in [6, 6.07) is -0.850. The van der Waals surface area contributed by atoms with Gasteiger partial charge in [0.25, 0.3) is 0 Å². The van der Waals surface area contributed by atoms with Gasteiger partial charge in [0.15, 0.2) is 0 Å². The molecule has 0 rings (SSSR count). The Kier molecular flexibility index (Phi) is 65.7. The van der Waals surface area contributed by atoms with Gasteiger partial charge in [-0.15, -0.1) is 0 Å². The molecule has 0 fully saturated rings. The maximum absolute atomic E-state index is 13.1. The van der Waals surface area contributed by atoms with Crippen molar-refractivity contribution in [1.29, 1.82) is 0 Å². The van der Waals surface area contributed by atoms with E-state index in [2.05, 4.69) is 79.9 Å². The molecule has 3 atom stereocenters. The molecule has 9 heteroatoms. The molecule has 8 nitrogen and oxygen atoms in total. The zero-order valence-electron chi connectivity index (χ0n) is 57.8. The number of rotatable bonds is 69. The van der Waals surface area contributed by atoms with Crippen LogP contribution in [0.15, 0.2) is 72.9 Å². The number of hydrogen-bond donors (Lipinski definition) is 3. The highest BCUT2D eigenvalue weighted by atomic mass is 31.2. The number of allylic oxidation sites excluding steroid dienone is 11. The lowest BCUT2D eigenvalue weighted by Gasteiger charge is -2.25. The van der Waals surface area contributed by atoms with Crippen LogP contribution in [-0.4, -0.2) is 73.4 Å². The fourth-order valence-electron chi connectivity index (χ4n) is 11.2. The van der Waals surface area contributed by atoms with E-state index in [4.69, 9.17) is 9.05 Å². The number of hydrogen-bond acceptors (Lipinski definition) is 5. The Bertz CT molecular complexity index is 1630. The molecule has 0 heterocycles. The average Bonchev–Trinajstić information content (AvgIpc) is 3.70. The number of unbranched alkanes of at least 4 members (excludes halogenated alkanes) is 46. The van der Waals surface area contributed by atoms with Crippen LogP contribution in [0, 0.1) is 0 Å². The lowest BCUT2D eigenvalue weighted by Crippen LogP contribution is -2.45. The smallest absolute Gasteiger partial charge is 0.387 e. The first kappa shape index (κ1) is 83.9. The number of nitrogens with zero attached hydrogens (tertiary/aromatic N) is 1. The van der Waals surface area contributed by atoms with Crippen LogP contribution >= 0.6 is 7.82 Å². The highest BCUT2D eigenvalue weighted by Crippen LogP contribution is 2.43. The van der Waals surface area contributed by atoms with Crippen molar-refractivity contribution in [2.75, 3.05) is 40.9 Å². The third-order valence-electron chi connectivity index (χ3n) is 16.9. The number of carbonyl (C=O) groups is 1. The molecule has 3 unspecified atom stereocenters. The molecule has 0 aromatic rings. The van der Waals surface area contributed by atoms with Gasteiger partial charge in [-0.1, -0.05) is 363 Å². The van der Waals surface area contributed by atoms with Crippen LogP contribution in [0.25, 0.3) is 0 Å². The molecule has 0 bridgehead atoms. The second-order valence-electron chi connectivity index (χ2n) is 26.6. The van der Waals surface area contributed by atoms with Crippen LogP contribution < -0.4 is 5.32 Å². The number of likely N-dealkylation sites (N-methyl/N-ethyl adjacent to an activating group) is 1. The predicted molar refractivity (Wildman–Crippen MR) is 378 cm³/mol. The van der Waals surface area contributed by atoms with Gasteiger partial charge in [-0.3, -0.25) is 13.8 Å². The van der Waals surface area contributed by atoms with Crippen molar-refractivity contribution in [2.45, 2.75) is 373 Å². The number of carbonyl (C=O) groups excluding carboxylic acids is 1. The van der Waals surface area contributed by atoms with Crippen molar-refractivity contribution in [3.05, 3.63) is 72.9 Å². The van der Waals surface area contributed by atoms with E-state index in [-0.39, 0.29) is 19.1 Å². The minimum atomic E-state index is -4.36. The van der Waals surface area contributed by atoms with Gasteiger partial charge in [0, 0.05) is 6.42 Å². The van der Waals surface area contributed by atoms with Crippen molar-refractivity contribution in [1.82, 2.24) is 5.32 Å². The van der Waals surface area contributed by atoms with Crippen molar-refractivity contribution in [2.24, 2.45) is 0 Å². The Morgan fingerprint density at radius 2 is 0.698 bits per heavy atom. The maximum atomic E-state index is 13.1. The summed E-state index contributed by atoms with van der Waals surface area (Å²) in [5.74, 6) is -0.172. The quantitative estimate of drug-likeness (QED) is 0.0243. The molecular weight excluding hydrogens is 1080 g/mol. The Labute approximate surface area is 535 Å². The minimum absolute atomic E-state index is 0.0617. The molecule has 3 N–H and O–H groups in total. The van der Waals surface area contributed by atoms with Crippen molar-refractivity contribution in [3.63, 3.8) is 0 Å². The number of amides is 1. The fourth-order valence-corrected chi connectivity index (χ4v) is 11.9. The Hall–Kier alpha value is -2.06. The van der Waals surface area contributed by atoms with Crippen molar-refractivity contribution in [3.8, 4) is 0 Å². The van der Waals surface area contributed by atoms with Gasteiger partial charge in [0.1, 0.15) is 13.2 Å². The Morgan fingerprint density at radius 1 is 0.407 bits per heavy atom. The first-order valence-electron chi connectivity index (χ1n) is 37.3. The van der Waals surface area contributed by atoms with Gasteiger partial charge in [-0.2, -0.15) is 0 Å². The second-order valence-corrected chi connectivity index (χ2v) is 28.1. The zero-order valence-corrected chi connectivity index (χ0v) is 58.7. The van der Waals surface area contributed by atoms with E-state index >= 15 is 0 Å². The largest absolute Gasteiger partial charge is 0.472 e. The molecule has 86 heavy (non-hydrogen) atoms. The molecule has 1 amide bonds. The summed E-state index contributed by atoms with van der Waals surface area (Å²) in [5, 5.41) is 14.0. The lowest BCUT2D eigenvalue weighted by molar-refractivity contribution is -0.870. The standard InChI is InChI=1S/C77H145N2O6P/c1-6-8-10-12-14-16-18-20-22-24-26-28-30-32-34-36-37-38-39-40-41-43-45-47-49-51-53-55-57-59-61-63-65-67-69-71-77(81)78-75(74-85-86(82,83)84-73-72-79(3,4)5)76(80)70-68-66-64-62-60-58-56-54-52-50-48-46-44-42-35-33-31-29-27-25-23-21-19-17-15-13-11-9-7-2/h8,10,14,16,20,22,26,28,32,34,68,70,75-76,80H,6-7,9,11-13,15,17-19,21,23-25,27,29-31,33,35-67,69,71-74H2,1-5H3,(H-,78,81,82,83)/p+1/b10-8-,16-14-,22-20-,28-26-,34-32-,70-68+. The van der Waals surface area contributed by atoms with E-state index in [1.807, 2.05) is 27.2 Å². The molecule has 0 aromatic heterocycles. The lowest BCUT2D eigenvalue weighted by atomic mass is 10.0. The molecule has 0 saturated carbocycles. The van der Waals surface area contributed by atoms with E-state index in [1.54, 1.807) is 6.08 Å². The second kappa shape index (κ2) is 67.3. The van der Waals surface area contributed by atoms with Crippen LogP contribution in [0.2, 0.25) is 0 Å². The molecule has 0 aliphatic rings. The van der Waals surface area contributed by atoms with Crippen LogP contribution in [0.1, 0.15) is 361 Å². The fraction of sp³-hybridized carbons (Fsp3) is 0.831. The summed E-state index contributed by atoms with van der Waals surface area (Å²) in [7, 11) is 1.58. The molecule has 0 aliphatic carbocycles. The van der Waals surface area contributed by atoms with Crippen molar-refractivity contribution >= 4 is 13.7 Å². The number of phosphoric ester groups is 1. The maximum Gasteiger partial charge on any atom is 0.472 e. The summed E-state index contributed by atoms with van der Waals surface area (Å²) in [6.07, 6.45) is 95.0. The summed E-state index contributed by atoms with van der Waals surface area (Å²) < 4.78 is 23.9. The third-order valence-corrected chi connectivity index (χ3v) is 17.9. The molecule has 0 radical (unpaired) electrons. The zero-order chi connectivity index (χ0) is 62.6. The van der Waals surface area contributed by atoms with Crippen LogP contribution in [0.3, 0.4) is 0 Å². The van der Waals surface area contributed by atoms with Crippen LogP contribution in [0.5, 0.6) is 0 Å². The minimum Gasteiger partial charge on any atom is -0.387 e. The van der Waals surface area contributed by atoms with Crippen molar-refractivity contribution < 1.29 is 32.9 Å². The van der Waals surface area contributed by atoms with E-state index < -0.39 is 20.0 Å². The van der Waals surface area contributed by atoms with Crippen LogP contribution in [-0.2, 0) is 18.4 Å². The van der Waals surface area contributed by atoms with E-state index in [0.717, 1.165) is 70.6 Å². The van der Waals surface area contributed by atoms with E-state index in [9.17, 15) is 19.4 Å². The Balaban J connectivity index is 4.01. The molecular formula is C77H146N2O6P+. The van der Waals surface area contributed by atoms with Gasteiger partial charge in [-0.25, -0.2) is 4.57 Å². The first-order chi connectivity index (χ1) is 42.0. The topological polar surface area (TPSA) is 105 Å². The molecule has 0 spiro atoms. The molecule has 0 aliphatic heterocycles. The number of quaternary nitrogens is 1. The third kappa shape index (κ3) is 69.4. The van der Waals surface area contributed by atoms with Gasteiger partial charge in [-0.05, 0) is 64.2 Å². The monoisotopic (exact) mass is 1230 g/mol. The van der Waals surface area contributed by atoms with Crippen LogP contribution in [0.4, 0.5) is 0 Å². The average molecular weight is 1230 g/mol. The van der Waals surface area contributed by atoms with Gasteiger partial charge < -0.3 is 19.8 Å². The number of phosphoric acid groups is 1. The summed E-state index contributed by atoms with van der Waals surface area (Å²) in [5.41, 5.74) is 0. The number of nitrogens with one attached hydrogen (secondary N) is 1. The summed E-state index contributed by atoms with van der Waals surface area (Å²) in [6.45, 7) is 4.75. The first-order valence-corrected chi connectivity index (χ1v) is 38.8. The predicted octanol–water partition coefficient (Wildman–Crippen LogP) is 24.1. The van der Waals surface area contributed by atoms with Gasteiger partial charge >= 0.3 is 7.82 Å². The number of aliphatic hydroxyl groups is 1. The highest BCUT2D eigenvalue weighted by molar-refractivity contribution is 7.47. The summed E-state index contributed by atoms with van der Waals surface area (Å²) in [4.78, 5) is 23.5. The molecule has 504 valence electrons. The van der Waals surface area contributed by atoms with E-state index in [1.165, 1.54) is 270 Å². The van der Waals surface area contributed by atoms with Gasteiger partial charge in [0.2, 0.25) is 5.91 Å². The summed E-state index contributed by atoms with van der Waals surface area (Å²) >= 11 is 0. The van der Waals surface area contributed by atoms with E-state index in [0.29, 0.717) is 17.4 Å². The molecule has 0 aromatic carbocycles. The Morgan fingerprint density at radius 3 is 1.02 bits per heavy atom. The SMILES string of the molecule is CC/C=C\C/C=C\C/C=C\C/C=C\C/C=C\CCCCCCCCCCCCCCCCCCCCCC(=O)NC(COP(=O)(O)OCC[N+](C)(C)C)C(O)/C=C/CCCCCCCCCCCCCCCCCCCCCCCCCCCCC. The van der Waals surface area contributed by atoms with Gasteiger partial charge in [0.05, 0.1) is 39.9 Å². The molecule has 0 saturated heterocycles. The number of aliphatic hydroxyl groups excluding tert-OH is 1.